The topological polar surface area (TPSA) is 50.3 Å². The lowest BCUT2D eigenvalue weighted by molar-refractivity contribution is -0.0403. The summed E-state index contributed by atoms with van der Waals surface area (Å²) >= 11 is 0. The van der Waals surface area contributed by atoms with Crippen molar-refractivity contribution in [2.24, 2.45) is 0 Å². The molecular formula is C20H27FN4O. The van der Waals surface area contributed by atoms with Crippen LogP contribution in [0.2, 0.25) is 0 Å². The Morgan fingerprint density at radius 3 is 2.81 bits per heavy atom. The van der Waals surface area contributed by atoms with E-state index in [0.717, 1.165) is 26.1 Å². The van der Waals surface area contributed by atoms with Gasteiger partial charge in [0, 0.05) is 19.6 Å². The Morgan fingerprint density at radius 2 is 2.08 bits per heavy atom. The first-order valence-corrected chi connectivity index (χ1v) is 9.35. The van der Waals surface area contributed by atoms with Crippen LogP contribution in [0.15, 0.2) is 36.7 Å². The number of benzene rings is 1. The van der Waals surface area contributed by atoms with Gasteiger partial charge < -0.3 is 10.1 Å². The SMILES string of the molecule is CCc1ncnc(NC(CC)C2CN(Cc3ccccc3)CCO2)c1F. The molecule has 1 aliphatic heterocycles. The predicted octanol–water partition coefficient (Wildman–Crippen LogP) is 3.27. The number of anilines is 1. The Balaban J connectivity index is 1.66. The molecule has 1 aliphatic rings. The number of morpholine rings is 1. The number of hydrogen-bond acceptors (Lipinski definition) is 5. The molecule has 6 heteroatoms. The summed E-state index contributed by atoms with van der Waals surface area (Å²) in [5, 5.41) is 3.25. The molecule has 3 rings (SSSR count). The van der Waals surface area contributed by atoms with Crippen molar-refractivity contribution >= 4 is 5.82 Å². The van der Waals surface area contributed by atoms with Crippen molar-refractivity contribution in [1.82, 2.24) is 14.9 Å². The van der Waals surface area contributed by atoms with E-state index in [-0.39, 0.29) is 23.8 Å². The summed E-state index contributed by atoms with van der Waals surface area (Å²) in [6.07, 6.45) is 2.79. The molecular weight excluding hydrogens is 331 g/mol. The smallest absolute Gasteiger partial charge is 0.186 e. The van der Waals surface area contributed by atoms with Gasteiger partial charge in [-0.3, -0.25) is 4.90 Å². The van der Waals surface area contributed by atoms with Gasteiger partial charge in [-0.25, -0.2) is 14.4 Å². The lowest BCUT2D eigenvalue weighted by Gasteiger charge is -2.37. The summed E-state index contributed by atoms with van der Waals surface area (Å²) < 4.78 is 20.5. The molecule has 1 aromatic carbocycles. The number of aryl methyl sites for hydroxylation is 1. The average Bonchev–Trinajstić information content (AvgIpc) is 2.68. The van der Waals surface area contributed by atoms with Crippen molar-refractivity contribution in [3.05, 3.63) is 53.7 Å². The minimum Gasteiger partial charge on any atom is -0.373 e. The fraction of sp³-hybridized carbons (Fsp3) is 0.500. The molecule has 1 N–H and O–H groups in total. The first kappa shape index (κ1) is 18.7. The fourth-order valence-corrected chi connectivity index (χ4v) is 3.35. The Bertz CT molecular complexity index is 697. The maximum absolute atomic E-state index is 14.5. The van der Waals surface area contributed by atoms with Crippen molar-refractivity contribution in [2.45, 2.75) is 45.4 Å². The van der Waals surface area contributed by atoms with Crippen molar-refractivity contribution in [3.8, 4) is 0 Å². The number of hydrogen-bond donors (Lipinski definition) is 1. The Hall–Kier alpha value is -2.05. The zero-order valence-electron chi connectivity index (χ0n) is 15.5. The highest BCUT2D eigenvalue weighted by Crippen LogP contribution is 2.20. The molecule has 0 saturated carbocycles. The molecule has 5 nitrogen and oxygen atoms in total. The van der Waals surface area contributed by atoms with Crippen LogP contribution in [-0.2, 0) is 17.7 Å². The third-order valence-electron chi connectivity index (χ3n) is 4.83. The van der Waals surface area contributed by atoms with Crippen LogP contribution in [0.1, 0.15) is 31.5 Å². The van der Waals surface area contributed by atoms with Crippen LogP contribution in [0.4, 0.5) is 10.2 Å². The number of ether oxygens (including phenoxy) is 1. The standard InChI is InChI=1S/C20H27FN4O/c1-3-16(24-20-19(21)17(4-2)22-14-23-20)18-13-25(10-11-26-18)12-15-8-6-5-7-9-15/h5-9,14,16,18H,3-4,10-13H2,1-2H3,(H,22,23,24). The van der Waals surface area contributed by atoms with Gasteiger partial charge >= 0.3 is 0 Å². The third kappa shape index (κ3) is 4.56. The van der Waals surface area contributed by atoms with Crippen LogP contribution in [0.3, 0.4) is 0 Å². The van der Waals surface area contributed by atoms with E-state index < -0.39 is 0 Å². The highest BCUT2D eigenvalue weighted by molar-refractivity contribution is 5.38. The largest absolute Gasteiger partial charge is 0.373 e. The van der Waals surface area contributed by atoms with Gasteiger partial charge in [0.05, 0.1) is 24.4 Å². The Labute approximate surface area is 154 Å². The van der Waals surface area contributed by atoms with E-state index in [2.05, 4.69) is 51.4 Å². The molecule has 2 aromatic rings. The van der Waals surface area contributed by atoms with E-state index in [1.165, 1.54) is 11.9 Å². The summed E-state index contributed by atoms with van der Waals surface area (Å²) in [7, 11) is 0. The summed E-state index contributed by atoms with van der Waals surface area (Å²) in [6, 6.07) is 10.4. The van der Waals surface area contributed by atoms with E-state index >= 15 is 0 Å². The van der Waals surface area contributed by atoms with Gasteiger partial charge in [-0.15, -0.1) is 0 Å². The maximum atomic E-state index is 14.5. The minimum absolute atomic E-state index is 0.00248. The number of halogens is 1. The molecule has 0 bridgehead atoms. The lowest BCUT2D eigenvalue weighted by Crippen LogP contribution is -2.49. The van der Waals surface area contributed by atoms with E-state index in [0.29, 0.717) is 18.7 Å². The fourth-order valence-electron chi connectivity index (χ4n) is 3.35. The maximum Gasteiger partial charge on any atom is 0.186 e. The molecule has 0 amide bonds. The second-order valence-electron chi connectivity index (χ2n) is 6.63. The van der Waals surface area contributed by atoms with Gasteiger partial charge in [0.1, 0.15) is 6.33 Å². The Morgan fingerprint density at radius 1 is 1.27 bits per heavy atom. The predicted molar refractivity (Wildman–Crippen MR) is 101 cm³/mol. The first-order valence-electron chi connectivity index (χ1n) is 9.35. The Kier molecular flexibility index (Phi) is 6.52. The van der Waals surface area contributed by atoms with Crippen LogP contribution in [0.25, 0.3) is 0 Å². The normalized spacial score (nSPS) is 19.3. The minimum atomic E-state index is -0.356. The molecule has 0 radical (unpaired) electrons. The van der Waals surface area contributed by atoms with Gasteiger partial charge in [0.15, 0.2) is 11.6 Å². The van der Waals surface area contributed by atoms with Crippen molar-refractivity contribution in [2.75, 3.05) is 25.0 Å². The van der Waals surface area contributed by atoms with E-state index in [4.69, 9.17) is 4.74 Å². The number of nitrogens with one attached hydrogen (secondary N) is 1. The van der Waals surface area contributed by atoms with Crippen LogP contribution in [0.5, 0.6) is 0 Å². The highest BCUT2D eigenvalue weighted by atomic mass is 19.1. The van der Waals surface area contributed by atoms with Gasteiger partial charge in [0.2, 0.25) is 0 Å². The monoisotopic (exact) mass is 358 g/mol. The average molecular weight is 358 g/mol. The van der Waals surface area contributed by atoms with Crippen LogP contribution >= 0.6 is 0 Å². The molecule has 26 heavy (non-hydrogen) atoms. The summed E-state index contributed by atoms with van der Waals surface area (Å²) in [6.45, 7) is 7.27. The zero-order chi connectivity index (χ0) is 18.4. The second-order valence-corrected chi connectivity index (χ2v) is 6.63. The third-order valence-corrected chi connectivity index (χ3v) is 4.83. The zero-order valence-corrected chi connectivity index (χ0v) is 15.5. The lowest BCUT2D eigenvalue weighted by atomic mass is 10.1. The quantitative estimate of drug-likeness (QED) is 0.823. The number of nitrogens with zero attached hydrogens (tertiary/aromatic N) is 3. The highest BCUT2D eigenvalue weighted by Gasteiger charge is 2.28. The van der Waals surface area contributed by atoms with Crippen molar-refractivity contribution in [1.29, 1.82) is 0 Å². The van der Waals surface area contributed by atoms with Crippen molar-refractivity contribution in [3.63, 3.8) is 0 Å². The van der Waals surface area contributed by atoms with E-state index in [1.54, 1.807) is 0 Å². The number of rotatable bonds is 7. The summed E-state index contributed by atoms with van der Waals surface area (Å²) in [5.41, 5.74) is 1.73. The molecule has 2 heterocycles. The number of aromatic nitrogens is 2. The summed E-state index contributed by atoms with van der Waals surface area (Å²) in [5.74, 6) is -0.0853. The van der Waals surface area contributed by atoms with Crippen LogP contribution < -0.4 is 5.32 Å². The molecule has 2 unspecified atom stereocenters. The van der Waals surface area contributed by atoms with E-state index in [9.17, 15) is 4.39 Å². The van der Waals surface area contributed by atoms with Gasteiger partial charge in [-0.05, 0) is 18.4 Å². The van der Waals surface area contributed by atoms with Crippen LogP contribution in [-0.4, -0.2) is 46.7 Å². The van der Waals surface area contributed by atoms with Crippen LogP contribution in [0, 0.1) is 5.82 Å². The molecule has 1 aromatic heterocycles. The van der Waals surface area contributed by atoms with Gasteiger partial charge in [-0.1, -0.05) is 44.2 Å². The first-order chi connectivity index (χ1) is 12.7. The molecule has 140 valence electrons. The molecule has 0 aliphatic carbocycles. The molecule has 2 atom stereocenters. The molecule has 1 saturated heterocycles. The molecule has 1 fully saturated rings. The second kappa shape index (κ2) is 9.05. The summed E-state index contributed by atoms with van der Waals surface area (Å²) in [4.78, 5) is 10.5. The van der Waals surface area contributed by atoms with Gasteiger partial charge in [-0.2, -0.15) is 0 Å². The van der Waals surface area contributed by atoms with Crippen molar-refractivity contribution < 1.29 is 9.13 Å². The van der Waals surface area contributed by atoms with E-state index in [1.807, 2.05) is 13.0 Å². The van der Waals surface area contributed by atoms with Gasteiger partial charge in [0.25, 0.3) is 0 Å². The molecule has 0 spiro atoms.